The summed E-state index contributed by atoms with van der Waals surface area (Å²) in [6.07, 6.45) is 0. The smallest absolute Gasteiger partial charge is 0.164 e. The van der Waals surface area contributed by atoms with Crippen LogP contribution in [0.5, 0.6) is 0 Å². The van der Waals surface area contributed by atoms with E-state index in [2.05, 4.69) is 130 Å². The molecule has 0 unspecified atom stereocenters. The second-order valence-corrected chi connectivity index (χ2v) is 14.4. The minimum atomic E-state index is 0.618. The Balaban J connectivity index is 1.15. The van der Waals surface area contributed by atoms with Crippen molar-refractivity contribution in [2.24, 2.45) is 0 Å². The number of aromatic nitrogens is 5. The van der Waals surface area contributed by atoms with Crippen molar-refractivity contribution in [2.45, 2.75) is 0 Å². The molecular formula is C51H31N5O. The van der Waals surface area contributed by atoms with E-state index in [1.807, 2.05) is 66.7 Å². The Kier molecular flexibility index (Phi) is 6.83. The van der Waals surface area contributed by atoms with E-state index in [-0.39, 0.29) is 0 Å². The predicted octanol–water partition coefficient (Wildman–Crippen LogP) is 13.0. The second-order valence-electron chi connectivity index (χ2n) is 14.4. The quantitative estimate of drug-likeness (QED) is 0.177. The number of hydrogen-bond donors (Lipinski definition) is 0. The van der Waals surface area contributed by atoms with Crippen LogP contribution in [0.15, 0.2) is 192 Å². The van der Waals surface area contributed by atoms with E-state index < -0.39 is 0 Å². The molecule has 4 heterocycles. The summed E-state index contributed by atoms with van der Waals surface area (Å²) < 4.78 is 11.3. The summed E-state index contributed by atoms with van der Waals surface area (Å²) in [5.41, 5.74) is 11.2. The van der Waals surface area contributed by atoms with Gasteiger partial charge in [0.15, 0.2) is 17.5 Å². The lowest BCUT2D eigenvalue weighted by molar-refractivity contribution is 0.669. The van der Waals surface area contributed by atoms with E-state index in [0.717, 1.165) is 72.1 Å². The van der Waals surface area contributed by atoms with Crippen LogP contribution in [0.3, 0.4) is 0 Å². The number of rotatable bonds is 5. The van der Waals surface area contributed by atoms with Gasteiger partial charge in [0.25, 0.3) is 0 Å². The summed E-state index contributed by atoms with van der Waals surface area (Å²) in [7, 11) is 0. The summed E-state index contributed by atoms with van der Waals surface area (Å²) >= 11 is 0. The van der Waals surface area contributed by atoms with Gasteiger partial charge in [-0.25, -0.2) is 15.0 Å². The van der Waals surface area contributed by atoms with Crippen LogP contribution in [0, 0.1) is 0 Å². The zero-order valence-corrected chi connectivity index (χ0v) is 30.5. The third-order valence-corrected chi connectivity index (χ3v) is 11.1. The zero-order chi connectivity index (χ0) is 37.5. The van der Waals surface area contributed by atoms with Crippen molar-refractivity contribution in [1.82, 2.24) is 24.1 Å². The molecule has 266 valence electrons. The maximum atomic E-state index is 6.50. The van der Waals surface area contributed by atoms with Gasteiger partial charge in [-0.3, -0.25) is 0 Å². The molecule has 4 aromatic heterocycles. The molecule has 6 nitrogen and oxygen atoms in total. The molecule has 8 aromatic carbocycles. The first kappa shape index (κ1) is 31.5. The zero-order valence-electron chi connectivity index (χ0n) is 30.5. The van der Waals surface area contributed by atoms with Gasteiger partial charge in [-0.2, -0.15) is 0 Å². The average molecular weight is 730 g/mol. The lowest BCUT2D eigenvalue weighted by Gasteiger charge is -2.12. The second kappa shape index (κ2) is 12.3. The topological polar surface area (TPSA) is 61.7 Å². The highest BCUT2D eigenvalue weighted by atomic mass is 16.3. The molecule has 0 spiro atoms. The van der Waals surface area contributed by atoms with E-state index in [9.17, 15) is 0 Å². The third kappa shape index (κ3) is 4.81. The molecule has 12 rings (SSSR count). The van der Waals surface area contributed by atoms with E-state index in [1.165, 1.54) is 21.5 Å². The van der Waals surface area contributed by atoms with Gasteiger partial charge in [0.05, 0.1) is 22.1 Å². The fourth-order valence-electron chi connectivity index (χ4n) is 8.72. The van der Waals surface area contributed by atoms with Crippen molar-refractivity contribution in [2.75, 3.05) is 0 Å². The maximum Gasteiger partial charge on any atom is 0.164 e. The first-order valence-electron chi connectivity index (χ1n) is 19.1. The molecule has 0 aliphatic rings. The van der Waals surface area contributed by atoms with Crippen LogP contribution in [0.4, 0.5) is 0 Å². The summed E-state index contributed by atoms with van der Waals surface area (Å²) in [6.45, 7) is 0. The van der Waals surface area contributed by atoms with Gasteiger partial charge < -0.3 is 13.6 Å². The molecule has 0 radical (unpaired) electrons. The molecule has 0 fully saturated rings. The van der Waals surface area contributed by atoms with Crippen LogP contribution < -0.4 is 0 Å². The van der Waals surface area contributed by atoms with Crippen molar-refractivity contribution < 1.29 is 4.42 Å². The SMILES string of the molecule is c1ccc(-c2nc(-c3ccccc3)nc(-c3cccc(-n4c5ccccc5c5c6c7c8c(ccc7n(-c7ccccc7)c6ccc54)oc4ccccc48)c3)n2)cc1. The third-order valence-electron chi connectivity index (χ3n) is 11.1. The Morgan fingerprint density at radius 3 is 1.51 bits per heavy atom. The number of para-hydroxylation sites is 3. The Bertz CT molecular complexity index is 3450. The lowest BCUT2D eigenvalue weighted by atomic mass is 10.0. The maximum absolute atomic E-state index is 6.50. The van der Waals surface area contributed by atoms with Crippen LogP contribution in [0.1, 0.15) is 0 Å². The van der Waals surface area contributed by atoms with Crippen molar-refractivity contribution in [3.8, 4) is 45.5 Å². The van der Waals surface area contributed by atoms with Crippen molar-refractivity contribution in [3.05, 3.63) is 188 Å². The first-order chi connectivity index (χ1) is 28.3. The number of benzene rings is 8. The minimum Gasteiger partial charge on any atom is -0.456 e. The molecular weight excluding hydrogens is 699 g/mol. The summed E-state index contributed by atoms with van der Waals surface area (Å²) in [5.74, 6) is 1.89. The van der Waals surface area contributed by atoms with Crippen LogP contribution >= 0.6 is 0 Å². The van der Waals surface area contributed by atoms with Crippen molar-refractivity contribution >= 4 is 65.6 Å². The molecule has 6 heteroatoms. The van der Waals surface area contributed by atoms with Crippen molar-refractivity contribution in [1.29, 1.82) is 0 Å². The van der Waals surface area contributed by atoms with Crippen molar-refractivity contribution in [3.63, 3.8) is 0 Å². The molecule has 12 aromatic rings. The lowest BCUT2D eigenvalue weighted by Crippen LogP contribution is -2.01. The molecule has 57 heavy (non-hydrogen) atoms. The number of nitrogens with zero attached hydrogens (tertiary/aromatic N) is 5. The summed E-state index contributed by atoms with van der Waals surface area (Å²) in [6, 6.07) is 65.4. The van der Waals surface area contributed by atoms with Gasteiger partial charge in [0.1, 0.15) is 11.2 Å². The van der Waals surface area contributed by atoms with Crippen LogP contribution in [-0.2, 0) is 0 Å². The van der Waals surface area contributed by atoms with Gasteiger partial charge >= 0.3 is 0 Å². The molecule has 0 atom stereocenters. The van der Waals surface area contributed by atoms with Gasteiger partial charge in [-0.1, -0.05) is 127 Å². The Labute approximate surface area is 326 Å². The summed E-state index contributed by atoms with van der Waals surface area (Å²) in [4.78, 5) is 15.0. The van der Waals surface area contributed by atoms with E-state index >= 15 is 0 Å². The molecule has 0 aliphatic heterocycles. The largest absolute Gasteiger partial charge is 0.456 e. The Hall–Kier alpha value is -7.83. The van der Waals surface area contributed by atoms with Gasteiger partial charge in [-0.15, -0.1) is 0 Å². The monoisotopic (exact) mass is 729 g/mol. The Morgan fingerprint density at radius 1 is 0.316 bits per heavy atom. The summed E-state index contributed by atoms with van der Waals surface area (Å²) in [5, 5.41) is 7.01. The fraction of sp³-hybridized carbons (Fsp3) is 0. The minimum absolute atomic E-state index is 0.618. The number of fused-ring (bicyclic) bond motifs is 11. The first-order valence-corrected chi connectivity index (χ1v) is 19.1. The fourth-order valence-corrected chi connectivity index (χ4v) is 8.72. The number of furan rings is 1. The van der Waals surface area contributed by atoms with E-state index in [0.29, 0.717) is 17.5 Å². The molecule has 0 amide bonds. The molecule has 0 aliphatic carbocycles. The molecule has 0 bridgehead atoms. The van der Waals surface area contributed by atoms with E-state index in [4.69, 9.17) is 19.4 Å². The highest BCUT2D eigenvalue weighted by molar-refractivity contribution is 6.35. The normalized spacial score (nSPS) is 11.9. The molecule has 0 saturated carbocycles. The van der Waals surface area contributed by atoms with Crippen LogP contribution in [-0.4, -0.2) is 24.1 Å². The van der Waals surface area contributed by atoms with E-state index in [1.54, 1.807) is 0 Å². The average Bonchev–Trinajstić information content (AvgIpc) is 3.95. The highest BCUT2D eigenvalue weighted by Crippen LogP contribution is 2.46. The predicted molar refractivity (Wildman–Crippen MR) is 232 cm³/mol. The van der Waals surface area contributed by atoms with Gasteiger partial charge in [-0.05, 0) is 60.7 Å². The van der Waals surface area contributed by atoms with Crippen LogP contribution in [0.25, 0.3) is 111 Å². The van der Waals surface area contributed by atoms with Gasteiger partial charge in [0.2, 0.25) is 0 Å². The number of hydrogen-bond acceptors (Lipinski definition) is 4. The molecule has 0 N–H and O–H groups in total. The standard InChI is InChI=1S/C51H31N5O/c1-4-15-32(16-5-1)49-52-50(33-17-6-2-7-18-33)54-51(53-49)34-19-14-22-36(31-34)56-39-25-12-10-23-37(39)45-40(56)27-28-41-47(45)48-42(55(41)35-20-8-3-9-21-35)29-30-44-46(48)38-24-11-13-26-43(38)57-44/h1-31H. The molecule has 0 saturated heterocycles. The van der Waals surface area contributed by atoms with Crippen LogP contribution in [0.2, 0.25) is 0 Å². The highest BCUT2D eigenvalue weighted by Gasteiger charge is 2.24. The Morgan fingerprint density at radius 2 is 0.807 bits per heavy atom. The van der Waals surface area contributed by atoms with Gasteiger partial charge in [0, 0.05) is 60.4 Å².